The molecule has 3 aliphatic rings. The molecule has 188 valence electrons. The molecule has 1 saturated heterocycles. The summed E-state index contributed by atoms with van der Waals surface area (Å²) in [5.41, 5.74) is 11.6. The van der Waals surface area contributed by atoms with Gasteiger partial charge in [-0.05, 0) is 81.4 Å². The van der Waals surface area contributed by atoms with Crippen LogP contribution in [-0.4, -0.2) is 39.4 Å². The van der Waals surface area contributed by atoms with Crippen LogP contribution in [0, 0.1) is 12.5 Å². The second kappa shape index (κ2) is 9.79. The van der Waals surface area contributed by atoms with Gasteiger partial charge in [0.1, 0.15) is 0 Å². The van der Waals surface area contributed by atoms with Crippen molar-refractivity contribution in [2.24, 2.45) is 11.7 Å². The molecule has 1 unspecified atom stereocenters. The molecule has 36 heavy (non-hydrogen) atoms. The fourth-order valence-electron chi connectivity index (χ4n) is 6.17. The minimum Gasteiger partial charge on any atom is -0.356 e. The minimum atomic E-state index is -0.111. The Morgan fingerprint density at radius 1 is 1.14 bits per heavy atom. The molecule has 0 amide bonds. The molecule has 2 aromatic heterocycles. The number of nitrogens with two attached hydrogens (primary N) is 1. The predicted molar refractivity (Wildman–Crippen MR) is 141 cm³/mol. The van der Waals surface area contributed by atoms with Crippen LogP contribution in [-0.2, 0) is 4.74 Å². The van der Waals surface area contributed by atoms with E-state index in [1.807, 2.05) is 23.0 Å². The lowest BCUT2D eigenvalue weighted by molar-refractivity contribution is -0.0369. The molecule has 2 fully saturated rings. The summed E-state index contributed by atoms with van der Waals surface area (Å²) in [7, 11) is 0. The van der Waals surface area contributed by atoms with Crippen LogP contribution in [0.4, 0.5) is 17.2 Å². The molecule has 2 aliphatic heterocycles. The van der Waals surface area contributed by atoms with Gasteiger partial charge >= 0.3 is 0 Å². The summed E-state index contributed by atoms with van der Waals surface area (Å²) < 4.78 is 8.17. The van der Waals surface area contributed by atoms with Crippen molar-refractivity contribution in [1.82, 2.24) is 19.7 Å². The van der Waals surface area contributed by atoms with E-state index in [4.69, 9.17) is 32.1 Å². The maximum atomic E-state index is 7.45. The number of aromatic nitrogens is 4. The van der Waals surface area contributed by atoms with Gasteiger partial charge in [-0.1, -0.05) is 19.1 Å². The maximum Gasteiger partial charge on any atom is 0.187 e. The quantitative estimate of drug-likeness (QED) is 0.459. The molecule has 1 aromatic carbocycles. The number of hydrogen-bond donors (Lipinski definition) is 1. The number of ether oxygens (including phenoxy) is 1. The van der Waals surface area contributed by atoms with Gasteiger partial charge < -0.3 is 15.4 Å². The van der Waals surface area contributed by atoms with Crippen LogP contribution < -0.4 is 10.6 Å². The summed E-state index contributed by atoms with van der Waals surface area (Å²) in [5.74, 6) is 2.30. The molecular formula is C28H35N7O. The van der Waals surface area contributed by atoms with Gasteiger partial charge in [0.05, 0.1) is 12.3 Å². The number of benzene rings is 1. The summed E-state index contributed by atoms with van der Waals surface area (Å²) in [6.07, 6.45) is 10.6. The highest BCUT2D eigenvalue weighted by molar-refractivity contribution is 5.88. The van der Waals surface area contributed by atoms with E-state index in [9.17, 15) is 0 Å². The molecule has 6 rings (SSSR count). The van der Waals surface area contributed by atoms with E-state index in [2.05, 4.69) is 22.7 Å². The first-order valence-electron chi connectivity index (χ1n) is 13.5. The number of anilines is 2. The smallest absolute Gasteiger partial charge is 0.187 e. The first-order chi connectivity index (χ1) is 17.7. The molecule has 0 spiro atoms. The Labute approximate surface area is 212 Å². The molecular weight excluding hydrogens is 450 g/mol. The Kier molecular flexibility index (Phi) is 6.36. The zero-order valence-corrected chi connectivity index (χ0v) is 21.1. The van der Waals surface area contributed by atoms with Crippen molar-refractivity contribution in [2.45, 2.75) is 76.4 Å². The lowest BCUT2D eigenvalue weighted by Gasteiger charge is -2.33. The van der Waals surface area contributed by atoms with Crippen LogP contribution in [0.2, 0.25) is 0 Å². The van der Waals surface area contributed by atoms with Gasteiger partial charge in [-0.25, -0.2) is 19.5 Å². The van der Waals surface area contributed by atoms with E-state index < -0.39 is 0 Å². The Hall–Kier alpha value is -3.02. The average molecular weight is 486 g/mol. The van der Waals surface area contributed by atoms with Crippen molar-refractivity contribution in [3.8, 4) is 0 Å². The van der Waals surface area contributed by atoms with Crippen LogP contribution in [0.15, 0.2) is 24.4 Å². The largest absolute Gasteiger partial charge is 0.356 e. The van der Waals surface area contributed by atoms with Crippen molar-refractivity contribution in [1.29, 1.82) is 0 Å². The van der Waals surface area contributed by atoms with Gasteiger partial charge in [-0.15, -0.1) is 5.10 Å². The predicted octanol–water partition coefficient (Wildman–Crippen LogP) is 5.95. The summed E-state index contributed by atoms with van der Waals surface area (Å²) in [5, 5.41) is 5.13. The third-order valence-electron chi connectivity index (χ3n) is 8.43. The van der Waals surface area contributed by atoms with Crippen molar-refractivity contribution in [3.05, 3.63) is 47.1 Å². The molecule has 0 bridgehead atoms. The molecule has 4 heterocycles. The molecule has 2 N–H and O–H groups in total. The zero-order valence-electron chi connectivity index (χ0n) is 21.1. The average Bonchev–Trinajstić information content (AvgIpc) is 3.32. The lowest BCUT2D eigenvalue weighted by Crippen LogP contribution is -2.27. The van der Waals surface area contributed by atoms with Crippen LogP contribution >= 0.6 is 0 Å². The fourth-order valence-corrected chi connectivity index (χ4v) is 6.17. The Morgan fingerprint density at radius 3 is 2.75 bits per heavy atom. The first-order valence-corrected chi connectivity index (χ1v) is 13.5. The summed E-state index contributed by atoms with van der Waals surface area (Å²) in [6.45, 7) is 12.1. The van der Waals surface area contributed by atoms with Crippen LogP contribution in [0.25, 0.3) is 16.0 Å². The monoisotopic (exact) mass is 485 g/mol. The third kappa shape index (κ3) is 4.14. The molecule has 0 radical (unpaired) electrons. The molecule has 8 nitrogen and oxygen atoms in total. The summed E-state index contributed by atoms with van der Waals surface area (Å²) in [6, 6.07) is 6.00. The molecule has 3 aromatic rings. The zero-order chi connectivity index (χ0) is 24.6. The topological polar surface area (TPSA) is 86.5 Å². The van der Waals surface area contributed by atoms with E-state index in [0.717, 1.165) is 99.4 Å². The standard InChI is InChI=1S/C28H35N7O/c1-18-12-13-34(24-11-10-21(30-2)15-22(18)24)28-26-27(35(33-28)25-5-3-4-14-36-25)32-23(17-31-26)20-8-6-19(16-29)7-9-20/h10-11,15,17-20,25H,3-9,12-14,16,29H2,1H3/t18-,19?,20?,25?/m0/s1. The third-order valence-corrected chi connectivity index (χ3v) is 8.43. The maximum absolute atomic E-state index is 7.45. The summed E-state index contributed by atoms with van der Waals surface area (Å²) in [4.78, 5) is 16.1. The van der Waals surface area contributed by atoms with E-state index in [0.29, 0.717) is 23.4 Å². The van der Waals surface area contributed by atoms with Crippen LogP contribution in [0.1, 0.15) is 87.6 Å². The second-order valence-corrected chi connectivity index (χ2v) is 10.7. The normalized spacial score (nSPS) is 26.5. The Morgan fingerprint density at radius 2 is 2.00 bits per heavy atom. The van der Waals surface area contributed by atoms with Gasteiger partial charge in [0, 0.05) is 31.0 Å². The fraction of sp³-hybridized carbons (Fsp3) is 0.571. The van der Waals surface area contributed by atoms with Crippen LogP contribution in [0.3, 0.4) is 0 Å². The number of fused-ring (bicyclic) bond motifs is 2. The Bertz CT molecular complexity index is 1280. The van der Waals surface area contributed by atoms with Gasteiger partial charge in [-0.3, -0.25) is 0 Å². The molecule has 1 aliphatic carbocycles. The molecule has 2 atom stereocenters. The van der Waals surface area contributed by atoms with Gasteiger partial charge in [0.15, 0.2) is 28.9 Å². The highest BCUT2D eigenvalue weighted by atomic mass is 16.5. The Balaban J connectivity index is 1.43. The number of nitrogens with zero attached hydrogens (tertiary/aromatic N) is 6. The molecule has 1 saturated carbocycles. The number of rotatable bonds is 4. The van der Waals surface area contributed by atoms with Gasteiger partial charge in [0.2, 0.25) is 0 Å². The van der Waals surface area contributed by atoms with Crippen molar-refractivity contribution >= 4 is 28.4 Å². The van der Waals surface area contributed by atoms with E-state index in [1.54, 1.807) is 0 Å². The van der Waals surface area contributed by atoms with Crippen molar-refractivity contribution in [2.75, 3.05) is 24.6 Å². The summed E-state index contributed by atoms with van der Waals surface area (Å²) >= 11 is 0. The number of hydrogen-bond acceptors (Lipinski definition) is 6. The lowest BCUT2D eigenvalue weighted by atomic mass is 9.81. The van der Waals surface area contributed by atoms with Crippen molar-refractivity contribution in [3.63, 3.8) is 0 Å². The SMILES string of the molecule is [C-]#[N+]c1ccc2c(c1)[C@@H](C)CCN2c1nn(C2CCCCO2)c2nc(C3CCC(CN)CC3)cnc12. The van der Waals surface area contributed by atoms with E-state index >= 15 is 0 Å². The van der Waals surface area contributed by atoms with Crippen molar-refractivity contribution < 1.29 is 4.74 Å². The van der Waals surface area contributed by atoms with E-state index in [1.165, 1.54) is 5.56 Å². The van der Waals surface area contributed by atoms with Gasteiger partial charge in [0.25, 0.3) is 0 Å². The minimum absolute atomic E-state index is 0.111. The highest BCUT2D eigenvalue weighted by Crippen LogP contribution is 2.43. The molecule has 8 heteroatoms. The highest BCUT2D eigenvalue weighted by Gasteiger charge is 2.31. The van der Waals surface area contributed by atoms with Crippen LogP contribution in [0.5, 0.6) is 0 Å². The van der Waals surface area contributed by atoms with Gasteiger partial charge in [-0.2, -0.15) is 0 Å². The second-order valence-electron chi connectivity index (χ2n) is 10.7. The first kappa shape index (κ1) is 23.4. The van der Waals surface area contributed by atoms with E-state index in [-0.39, 0.29) is 6.23 Å².